The lowest BCUT2D eigenvalue weighted by atomic mass is 9.96. The van der Waals surface area contributed by atoms with Crippen molar-refractivity contribution in [1.29, 1.82) is 0 Å². The van der Waals surface area contributed by atoms with Gasteiger partial charge < -0.3 is 21.3 Å². The van der Waals surface area contributed by atoms with Gasteiger partial charge in [0.1, 0.15) is 5.69 Å². The molecule has 1 aliphatic rings. The number of aromatic nitrogens is 1. The maximum atomic E-state index is 11.2. The molecule has 20 heavy (non-hydrogen) atoms. The molecule has 1 aromatic heterocycles. The summed E-state index contributed by atoms with van der Waals surface area (Å²) < 4.78 is 0. The molecule has 1 aromatic rings. The van der Waals surface area contributed by atoms with Crippen molar-refractivity contribution in [2.45, 2.75) is 12.8 Å². The van der Waals surface area contributed by atoms with Crippen LogP contribution in [0.1, 0.15) is 23.3 Å². The lowest BCUT2D eigenvalue weighted by Gasteiger charge is -2.34. The summed E-state index contributed by atoms with van der Waals surface area (Å²) in [6, 6.07) is 3.27. The Labute approximate surface area is 119 Å². The molecule has 1 fully saturated rings. The van der Waals surface area contributed by atoms with Crippen molar-refractivity contribution in [3.8, 4) is 0 Å². The number of hydrogen-bond acceptors (Lipinski definition) is 5. The van der Waals surface area contributed by atoms with Crippen LogP contribution in [0.2, 0.25) is 0 Å². The number of amides is 1. The average Bonchev–Trinajstić information content (AvgIpc) is 2.39. The Morgan fingerprint density at radius 2 is 2.05 bits per heavy atom. The van der Waals surface area contributed by atoms with Gasteiger partial charge in [-0.25, -0.2) is 4.98 Å². The summed E-state index contributed by atoms with van der Waals surface area (Å²) in [5.41, 5.74) is 12.1. The molecule has 2 heterocycles. The average molecular weight is 277 g/mol. The number of nitrogen functional groups attached to an aromatic ring is 1. The molecule has 0 aromatic carbocycles. The van der Waals surface area contributed by atoms with Crippen LogP contribution in [0.25, 0.3) is 0 Å². The van der Waals surface area contributed by atoms with Gasteiger partial charge in [0.15, 0.2) is 5.82 Å². The van der Waals surface area contributed by atoms with Gasteiger partial charge in [-0.3, -0.25) is 4.79 Å². The first-order chi connectivity index (χ1) is 9.47. The molecule has 6 heteroatoms. The number of nitrogens with two attached hydrogens (primary N) is 2. The Balaban J connectivity index is 2.06. The number of rotatable bonds is 4. The van der Waals surface area contributed by atoms with Crippen LogP contribution in [-0.4, -0.2) is 49.5 Å². The zero-order chi connectivity index (χ0) is 14.7. The predicted molar refractivity (Wildman–Crippen MR) is 80.7 cm³/mol. The normalized spacial score (nSPS) is 16.6. The van der Waals surface area contributed by atoms with E-state index in [4.69, 9.17) is 11.5 Å². The summed E-state index contributed by atoms with van der Waals surface area (Å²) in [6.07, 6.45) is 2.22. The van der Waals surface area contributed by atoms with Crippen LogP contribution in [0.5, 0.6) is 0 Å². The van der Waals surface area contributed by atoms with Gasteiger partial charge in [0, 0.05) is 19.6 Å². The van der Waals surface area contributed by atoms with E-state index in [1.165, 1.54) is 0 Å². The van der Waals surface area contributed by atoms with Crippen LogP contribution in [0.3, 0.4) is 0 Å². The summed E-state index contributed by atoms with van der Waals surface area (Å²) in [7, 11) is 4.20. The number of carbonyl (C=O) groups is 1. The van der Waals surface area contributed by atoms with E-state index in [0.717, 1.165) is 32.5 Å². The molecule has 1 aliphatic heterocycles. The molecule has 0 spiro atoms. The number of hydrogen-bond donors (Lipinski definition) is 2. The molecule has 0 unspecified atom stereocenters. The third-order valence-corrected chi connectivity index (χ3v) is 3.70. The third-order valence-electron chi connectivity index (χ3n) is 3.70. The summed E-state index contributed by atoms with van der Waals surface area (Å²) >= 11 is 0. The van der Waals surface area contributed by atoms with Crippen LogP contribution in [0, 0.1) is 5.92 Å². The molecule has 2 rings (SSSR count). The van der Waals surface area contributed by atoms with E-state index >= 15 is 0 Å². The number of pyridine rings is 1. The van der Waals surface area contributed by atoms with E-state index < -0.39 is 5.91 Å². The Kier molecular flexibility index (Phi) is 4.44. The largest absolute Gasteiger partial charge is 0.396 e. The van der Waals surface area contributed by atoms with Gasteiger partial charge in [-0.1, -0.05) is 0 Å². The van der Waals surface area contributed by atoms with Crippen molar-refractivity contribution in [3.05, 3.63) is 17.8 Å². The second kappa shape index (κ2) is 6.09. The highest BCUT2D eigenvalue weighted by atomic mass is 16.1. The minimum atomic E-state index is -0.520. The Hall–Kier alpha value is -1.82. The van der Waals surface area contributed by atoms with Crippen molar-refractivity contribution in [2.75, 3.05) is 44.4 Å². The first-order valence-corrected chi connectivity index (χ1v) is 6.93. The molecule has 0 radical (unpaired) electrons. The van der Waals surface area contributed by atoms with Gasteiger partial charge in [0.2, 0.25) is 0 Å². The zero-order valence-electron chi connectivity index (χ0n) is 12.2. The highest BCUT2D eigenvalue weighted by Crippen LogP contribution is 2.26. The van der Waals surface area contributed by atoms with Crippen LogP contribution in [-0.2, 0) is 0 Å². The molecule has 6 nitrogen and oxygen atoms in total. The molecule has 0 saturated carbocycles. The van der Waals surface area contributed by atoms with Crippen molar-refractivity contribution in [3.63, 3.8) is 0 Å². The fourth-order valence-corrected chi connectivity index (χ4v) is 2.69. The number of carbonyl (C=O) groups excluding carboxylic acids is 1. The maximum absolute atomic E-state index is 11.2. The number of nitrogens with zero attached hydrogens (tertiary/aromatic N) is 3. The molecule has 1 amide bonds. The van der Waals surface area contributed by atoms with Crippen LogP contribution >= 0.6 is 0 Å². The van der Waals surface area contributed by atoms with Crippen molar-refractivity contribution in [2.24, 2.45) is 11.7 Å². The van der Waals surface area contributed by atoms with E-state index in [1.807, 2.05) is 0 Å². The summed E-state index contributed by atoms with van der Waals surface area (Å²) in [5, 5.41) is 0. The SMILES string of the molecule is CN(C)CC1CCN(c2nc(C(N)=O)ccc2N)CC1. The summed E-state index contributed by atoms with van der Waals surface area (Å²) in [4.78, 5) is 19.9. The first kappa shape index (κ1) is 14.6. The summed E-state index contributed by atoms with van der Waals surface area (Å²) in [6.45, 7) is 2.94. The second-order valence-corrected chi connectivity index (χ2v) is 5.67. The summed E-state index contributed by atoms with van der Waals surface area (Å²) in [5.74, 6) is 0.875. The predicted octanol–water partition coefficient (Wildman–Crippen LogP) is 0.541. The number of anilines is 2. The first-order valence-electron chi connectivity index (χ1n) is 6.93. The number of piperidine rings is 1. The zero-order valence-corrected chi connectivity index (χ0v) is 12.2. The van der Waals surface area contributed by atoms with Gasteiger partial charge in [-0.2, -0.15) is 0 Å². The fraction of sp³-hybridized carbons (Fsp3) is 0.571. The number of primary amides is 1. The van der Waals surface area contributed by atoms with E-state index in [-0.39, 0.29) is 5.69 Å². The van der Waals surface area contributed by atoms with E-state index in [0.29, 0.717) is 17.4 Å². The molecule has 0 aliphatic carbocycles. The molecule has 0 bridgehead atoms. The maximum Gasteiger partial charge on any atom is 0.267 e. The van der Waals surface area contributed by atoms with E-state index in [2.05, 4.69) is 28.9 Å². The van der Waals surface area contributed by atoms with E-state index in [1.54, 1.807) is 12.1 Å². The molecular formula is C14H23N5O. The Morgan fingerprint density at radius 1 is 1.40 bits per heavy atom. The molecule has 1 saturated heterocycles. The standard InChI is InChI=1S/C14H23N5O/c1-18(2)9-10-5-7-19(8-6-10)14-11(15)3-4-12(17-14)13(16)20/h3-4,10H,5-9,15H2,1-2H3,(H2,16,20). The lowest BCUT2D eigenvalue weighted by Crippen LogP contribution is -2.38. The molecular weight excluding hydrogens is 254 g/mol. The highest BCUT2D eigenvalue weighted by Gasteiger charge is 2.22. The smallest absolute Gasteiger partial charge is 0.267 e. The Morgan fingerprint density at radius 3 is 2.60 bits per heavy atom. The van der Waals surface area contributed by atoms with E-state index in [9.17, 15) is 4.79 Å². The van der Waals surface area contributed by atoms with Gasteiger partial charge in [-0.15, -0.1) is 0 Å². The van der Waals surface area contributed by atoms with Gasteiger partial charge >= 0.3 is 0 Å². The Bertz CT molecular complexity index is 480. The van der Waals surface area contributed by atoms with Crippen LogP contribution in [0.15, 0.2) is 12.1 Å². The van der Waals surface area contributed by atoms with Gasteiger partial charge in [0.25, 0.3) is 5.91 Å². The molecule has 4 N–H and O–H groups in total. The van der Waals surface area contributed by atoms with Crippen molar-refractivity contribution >= 4 is 17.4 Å². The monoisotopic (exact) mass is 277 g/mol. The van der Waals surface area contributed by atoms with Crippen LogP contribution in [0.4, 0.5) is 11.5 Å². The van der Waals surface area contributed by atoms with Crippen molar-refractivity contribution < 1.29 is 4.79 Å². The lowest BCUT2D eigenvalue weighted by molar-refractivity contribution is 0.0995. The van der Waals surface area contributed by atoms with Crippen molar-refractivity contribution in [1.82, 2.24) is 9.88 Å². The highest BCUT2D eigenvalue weighted by molar-refractivity contribution is 5.91. The minimum Gasteiger partial charge on any atom is -0.396 e. The minimum absolute atomic E-state index is 0.268. The topological polar surface area (TPSA) is 88.5 Å². The third kappa shape index (κ3) is 3.39. The molecule has 0 atom stereocenters. The van der Waals surface area contributed by atoms with Gasteiger partial charge in [-0.05, 0) is 45.0 Å². The quantitative estimate of drug-likeness (QED) is 0.838. The second-order valence-electron chi connectivity index (χ2n) is 5.67. The van der Waals surface area contributed by atoms with Gasteiger partial charge in [0.05, 0.1) is 5.69 Å². The fourth-order valence-electron chi connectivity index (χ4n) is 2.69. The van der Waals surface area contributed by atoms with Crippen LogP contribution < -0.4 is 16.4 Å². The molecule has 110 valence electrons.